The molecule has 0 unspecified atom stereocenters. The third-order valence-corrected chi connectivity index (χ3v) is 2.16. The lowest BCUT2D eigenvalue weighted by Crippen LogP contribution is -1.99. The zero-order chi connectivity index (χ0) is 14.5. The largest absolute Gasteiger partial charge is 0.427 e. The molecule has 2 aromatic rings. The molecule has 0 saturated carbocycles. The molecule has 2 rings (SSSR count). The molecule has 0 N–H and O–H groups in total. The van der Waals surface area contributed by atoms with Crippen LogP contribution in [-0.4, -0.2) is 0 Å². The van der Waals surface area contributed by atoms with E-state index in [1.807, 2.05) is 0 Å². The summed E-state index contributed by atoms with van der Waals surface area (Å²) in [5.74, 6) is -1.80. The summed E-state index contributed by atoms with van der Waals surface area (Å²) in [6.07, 6.45) is 0. The summed E-state index contributed by atoms with van der Waals surface area (Å²) in [5, 5.41) is 0. The standard InChI is InChI=1S/C14H8F4O2/c15-9-3-1-5-11(7-9)19-13(17)14(18)20-12-6-2-4-10(16)8-12/h1-8H/b14-13+. The van der Waals surface area contributed by atoms with Crippen LogP contribution in [0.5, 0.6) is 11.5 Å². The van der Waals surface area contributed by atoms with E-state index in [-0.39, 0.29) is 11.5 Å². The molecule has 0 aliphatic carbocycles. The van der Waals surface area contributed by atoms with Gasteiger partial charge in [0, 0.05) is 12.1 Å². The lowest BCUT2D eigenvalue weighted by molar-refractivity contribution is 0.202. The van der Waals surface area contributed by atoms with Gasteiger partial charge < -0.3 is 9.47 Å². The molecule has 2 aromatic carbocycles. The minimum absolute atomic E-state index is 0.236. The molecule has 0 aromatic heterocycles. The van der Waals surface area contributed by atoms with Crippen LogP contribution < -0.4 is 9.47 Å². The number of hydrogen-bond acceptors (Lipinski definition) is 2. The fourth-order valence-electron chi connectivity index (χ4n) is 1.35. The van der Waals surface area contributed by atoms with Gasteiger partial charge >= 0.3 is 12.0 Å². The van der Waals surface area contributed by atoms with Crippen LogP contribution in [0.15, 0.2) is 60.6 Å². The van der Waals surface area contributed by atoms with Crippen molar-refractivity contribution >= 4 is 0 Å². The second-order valence-corrected chi connectivity index (χ2v) is 3.67. The maximum atomic E-state index is 13.3. The van der Waals surface area contributed by atoms with E-state index in [1.165, 1.54) is 24.3 Å². The van der Waals surface area contributed by atoms with Gasteiger partial charge in [-0.1, -0.05) is 12.1 Å². The predicted molar refractivity (Wildman–Crippen MR) is 63.3 cm³/mol. The fourth-order valence-corrected chi connectivity index (χ4v) is 1.35. The molecule has 0 bridgehead atoms. The maximum Gasteiger partial charge on any atom is 0.352 e. The molecule has 0 atom stereocenters. The Morgan fingerprint density at radius 3 is 1.45 bits per heavy atom. The van der Waals surface area contributed by atoms with E-state index in [2.05, 4.69) is 9.47 Å². The molecule has 0 fully saturated rings. The van der Waals surface area contributed by atoms with E-state index >= 15 is 0 Å². The average Bonchev–Trinajstić information content (AvgIpc) is 2.38. The minimum Gasteiger partial charge on any atom is -0.427 e. The van der Waals surface area contributed by atoms with Crippen molar-refractivity contribution < 1.29 is 27.0 Å². The van der Waals surface area contributed by atoms with Crippen LogP contribution in [0, 0.1) is 11.6 Å². The highest BCUT2D eigenvalue weighted by molar-refractivity contribution is 5.26. The molecule has 0 amide bonds. The summed E-state index contributed by atoms with van der Waals surface area (Å²) in [6, 6.07) is 5.59. The van der Waals surface area contributed by atoms with Crippen molar-refractivity contribution in [3.63, 3.8) is 0 Å². The number of benzene rings is 2. The molecule has 0 saturated heterocycles. The number of rotatable bonds is 4. The van der Waals surface area contributed by atoms with Gasteiger partial charge in [-0.15, -0.1) is 0 Å². The summed E-state index contributed by atoms with van der Waals surface area (Å²) in [5.41, 5.74) is 0. The van der Waals surface area contributed by atoms with Crippen LogP contribution in [0.25, 0.3) is 0 Å². The highest BCUT2D eigenvalue weighted by Gasteiger charge is 2.12. The van der Waals surface area contributed by atoms with Crippen LogP contribution in [0.4, 0.5) is 17.6 Å². The maximum absolute atomic E-state index is 13.3. The van der Waals surface area contributed by atoms with Crippen molar-refractivity contribution in [2.45, 2.75) is 0 Å². The fraction of sp³-hybridized carbons (Fsp3) is 0. The van der Waals surface area contributed by atoms with Gasteiger partial charge in [0.1, 0.15) is 23.1 Å². The van der Waals surface area contributed by atoms with Crippen LogP contribution in [0.1, 0.15) is 0 Å². The Morgan fingerprint density at radius 1 is 0.700 bits per heavy atom. The van der Waals surface area contributed by atoms with Gasteiger partial charge in [0.15, 0.2) is 0 Å². The van der Waals surface area contributed by atoms with Gasteiger partial charge in [-0.05, 0) is 24.3 Å². The van der Waals surface area contributed by atoms with E-state index in [1.54, 1.807) is 0 Å². The Balaban J connectivity index is 2.11. The van der Waals surface area contributed by atoms with Gasteiger partial charge in [0.25, 0.3) is 0 Å². The van der Waals surface area contributed by atoms with Gasteiger partial charge in [0.2, 0.25) is 0 Å². The summed E-state index contributed by atoms with van der Waals surface area (Å²) in [6.45, 7) is 0. The van der Waals surface area contributed by atoms with Crippen molar-refractivity contribution in [2.24, 2.45) is 0 Å². The third-order valence-electron chi connectivity index (χ3n) is 2.16. The van der Waals surface area contributed by atoms with Crippen LogP contribution in [0.2, 0.25) is 0 Å². The Morgan fingerprint density at radius 2 is 1.10 bits per heavy atom. The first-order chi connectivity index (χ1) is 9.54. The Hall–Kier alpha value is -2.50. The topological polar surface area (TPSA) is 18.5 Å². The lowest BCUT2D eigenvalue weighted by Gasteiger charge is -2.06. The lowest BCUT2D eigenvalue weighted by atomic mass is 10.3. The minimum atomic E-state index is -1.69. The van der Waals surface area contributed by atoms with Gasteiger partial charge in [0.05, 0.1) is 0 Å². The Labute approximate surface area is 111 Å². The molecular formula is C14H8F4O2. The molecule has 104 valence electrons. The van der Waals surface area contributed by atoms with Crippen molar-refractivity contribution in [3.8, 4) is 11.5 Å². The molecule has 0 heterocycles. The van der Waals surface area contributed by atoms with Crippen LogP contribution in [-0.2, 0) is 0 Å². The second kappa shape index (κ2) is 6.10. The molecule has 0 aliphatic rings. The molecule has 0 radical (unpaired) electrons. The SMILES string of the molecule is F/C(Oc1cccc(F)c1)=C(/F)Oc1cccc(F)c1. The zero-order valence-corrected chi connectivity index (χ0v) is 9.95. The normalized spacial score (nSPS) is 11.8. The third kappa shape index (κ3) is 3.74. The highest BCUT2D eigenvalue weighted by atomic mass is 19.2. The molecule has 0 aliphatic heterocycles. The van der Waals surface area contributed by atoms with Crippen molar-refractivity contribution in [1.29, 1.82) is 0 Å². The number of ether oxygens (including phenoxy) is 2. The summed E-state index contributed by atoms with van der Waals surface area (Å²) in [7, 11) is 0. The van der Waals surface area contributed by atoms with Gasteiger partial charge in [-0.3, -0.25) is 0 Å². The predicted octanol–water partition coefficient (Wildman–Crippen LogP) is 4.49. The van der Waals surface area contributed by atoms with Crippen molar-refractivity contribution in [2.75, 3.05) is 0 Å². The van der Waals surface area contributed by atoms with Crippen molar-refractivity contribution in [1.82, 2.24) is 0 Å². The average molecular weight is 284 g/mol. The monoisotopic (exact) mass is 284 g/mol. The highest BCUT2D eigenvalue weighted by Crippen LogP contribution is 2.21. The van der Waals surface area contributed by atoms with E-state index in [4.69, 9.17) is 0 Å². The Bertz CT molecular complexity index is 585. The van der Waals surface area contributed by atoms with E-state index in [0.717, 1.165) is 24.3 Å². The number of halogens is 4. The van der Waals surface area contributed by atoms with Crippen LogP contribution in [0.3, 0.4) is 0 Å². The van der Waals surface area contributed by atoms with E-state index in [0.29, 0.717) is 0 Å². The summed E-state index contributed by atoms with van der Waals surface area (Å²) >= 11 is 0. The molecule has 20 heavy (non-hydrogen) atoms. The zero-order valence-electron chi connectivity index (χ0n) is 9.95. The first-order valence-corrected chi connectivity index (χ1v) is 5.47. The summed E-state index contributed by atoms with van der Waals surface area (Å²) < 4.78 is 61.2. The van der Waals surface area contributed by atoms with E-state index < -0.39 is 23.7 Å². The number of hydrogen-bond donors (Lipinski definition) is 0. The molecule has 6 heteroatoms. The molecule has 2 nitrogen and oxygen atoms in total. The molecular weight excluding hydrogens is 276 g/mol. The van der Waals surface area contributed by atoms with Crippen LogP contribution >= 0.6 is 0 Å². The second-order valence-electron chi connectivity index (χ2n) is 3.67. The van der Waals surface area contributed by atoms with Gasteiger partial charge in [-0.2, -0.15) is 8.78 Å². The Kier molecular flexibility index (Phi) is 4.24. The summed E-state index contributed by atoms with van der Waals surface area (Å²) in [4.78, 5) is 0. The molecule has 0 spiro atoms. The smallest absolute Gasteiger partial charge is 0.352 e. The first kappa shape index (κ1) is 13.9. The first-order valence-electron chi connectivity index (χ1n) is 5.47. The quantitative estimate of drug-likeness (QED) is 0.608. The van der Waals surface area contributed by atoms with Gasteiger partial charge in [-0.25, -0.2) is 8.78 Å². The van der Waals surface area contributed by atoms with Crippen molar-refractivity contribution in [3.05, 3.63) is 72.2 Å². The van der Waals surface area contributed by atoms with E-state index in [9.17, 15) is 17.6 Å².